The van der Waals surface area contributed by atoms with Gasteiger partial charge in [-0.3, -0.25) is 4.90 Å². The third-order valence-electron chi connectivity index (χ3n) is 3.28. The number of carbonyl (C=O) groups is 1. The normalized spacial score (nSPS) is 10.3. The summed E-state index contributed by atoms with van der Waals surface area (Å²) in [6.07, 6.45) is 0.776. The molecular formula is C17H21FN3O+. The second-order valence-corrected chi connectivity index (χ2v) is 5.13. The minimum Gasteiger partial charge on any atom is -0.358 e. The molecule has 0 unspecified atom stereocenters. The predicted octanol–water partition coefficient (Wildman–Crippen LogP) is 2.80. The Kier molecular flexibility index (Phi) is 5.49. The molecule has 0 bridgehead atoms. The number of anilines is 2. The van der Waals surface area contributed by atoms with Crippen LogP contribution in [0.15, 0.2) is 48.5 Å². The van der Waals surface area contributed by atoms with Gasteiger partial charge in [0.25, 0.3) is 0 Å². The summed E-state index contributed by atoms with van der Waals surface area (Å²) in [5, 5.41) is 2.88. The molecule has 0 aliphatic carbocycles. The molecular weight excluding hydrogens is 281 g/mol. The van der Waals surface area contributed by atoms with Crippen LogP contribution in [0.5, 0.6) is 0 Å². The van der Waals surface area contributed by atoms with E-state index in [-0.39, 0.29) is 11.8 Å². The molecule has 4 nitrogen and oxygen atoms in total. The van der Waals surface area contributed by atoms with Gasteiger partial charge in [0.05, 0.1) is 6.54 Å². The van der Waals surface area contributed by atoms with Crippen molar-refractivity contribution in [2.45, 2.75) is 13.3 Å². The fraction of sp³-hybridized carbons (Fsp3) is 0.235. The van der Waals surface area contributed by atoms with Crippen LogP contribution in [-0.4, -0.2) is 19.1 Å². The van der Waals surface area contributed by atoms with E-state index in [1.807, 2.05) is 31.2 Å². The first-order chi connectivity index (χ1) is 10.6. The van der Waals surface area contributed by atoms with E-state index in [9.17, 15) is 9.18 Å². The van der Waals surface area contributed by atoms with Gasteiger partial charge < -0.3 is 11.1 Å². The van der Waals surface area contributed by atoms with Crippen molar-refractivity contribution in [3.8, 4) is 0 Å². The van der Waals surface area contributed by atoms with E-state index in [0.29, 0.717) is 12.2 Å². The predicted molar refractivity (Wildman–Crippen MR) is 86.3 cm³/mol. The Morgan fingerprint density at radius 1 is 1.23 bits per heavy atom. The molecule has 2 aromatic rings. The molecule has 0 heterocycles. The largest absolute Gasteiger partial charge is 0.358 e. The monoisotopic (exact) mass is 302 g/mol. The highest BCUT2D eigenvalue weighted by Gasteiger charge is 2.15. The lowest BCUT2D eigenvalue weighted by atomic mass is 10.2. The number of hydrogen-bond donors (Lipinski definition) is 2. The second kappa shape index (κ2) is 7.56. The van der Waals surface area contributed by atoms with Crippen molar-refractivity contribution in [1.29, 1.82) is 0 Å². The first kappa shape index (κ1) is 16.0. The fourth-order valence-corrected chi connectivity index (χ4v) is 2.15. The van der Waals surface area contributed by atoms with Crippen LogP contribution in [-0.2, 0) is 0 Å². The Bertz CT molecular complexity index is 628. The van der Waals surface area contributed by atoms with Crippen LogP contribution in [0.2, 0.25) is 0 Å². The third kappa shape index (κ3) is 4.30. The average Bonchev–Trinajstić information content (AvgIpc) is 2.49. The topological polar surface area (TPSA) is 60.0 Å². The summed E-state index contributed by atoms with van der Waals surface area (Å²) in [7, 11) is 0. The van der Waals surface area contributed by atoms with Crippen LogP contribution < -0.4 is 16.0 Å². The molecule has 0 atom stereocenters. The summed E-state index contributed by atoms with van der Waals surface area (Å²) in [5.74, 6) is -0.319. The maximum absolute atomic E-state index is 13.1. The van der Waals surface area contributed by atoms with Crippen molar-refractivity contribution < 1.29 is 14.9 Å². The Morgan fingerprint density at radius 2 is 1.95 bits per heavy atom. The van der Waals surface area contributed by atoms with E-state index < -0.39 is 0 Å². The van der Waals surface area contributed by atoms with Gasteiger partial charge in [0, 0.05) is 24.3 Å². The Morgan fingerprint density at radius 3 is 2.59 bits per heavy atom. The van der Waals surface area contributed by atoms with Crippen LogP contribution in [0.4, 0.5) is 20.6 Å². The van der Waals surface area contributed by atoms with Crippen molar-refractivity contribution >= 4 is 17.4 Å². The van der Waals surface area contributed by atoms with Crippen molar-refractivity contribution in [3.63, 3.8) is 0 Å². The molecule has 116 valence electrons. The molecule has 2 rings (SSSR count). The van der Waals surface area contributed by atoms with Gasteiger partial charge in [0.15, 0.2) is 0 Å². The molecule has 0 saturated carbocycles. The molecule has 0 spiro atoms. The third-order valence-corrected chi connectivity index (χ3v) is 3.28. The molecule has 22 heavy (non-hydrogen) atoms. The lowest BCUT2D eigenvalue weighted by Crippen LogP contribution is -2.51. The zero-order valence-corrected chi connectivity index (χ0v) is 12.7. The number of benzene rings is 2. The smallest absolute Gasteiger partial charge is 0.326 e. The van der Waals surface area contributed by atoms with Crippen LogP contribution in [0, 0.1) is 12.7 Å². The van der Waals surface area contributed by atoms with Gasteiger partial charge in [-0.05, 0) is 48.9 Å². The number of carbonyl (C=O) groups excluding carboxylic acids is 1. The summed E-state index contributed by atoms with van der Waals surface area (Å²) in [4.78, 5) is 14.1. The van der Waals surface area contributed by atoms with Crippen LogP contribution in [0.25, 0.3) is 0 Å². The number of halogens is 1. The molecule has 2 aromatic carbocycles. The molecule has 0 aliphatic rings. The highest BCUT2D eigenvalue weighted by Crippen LogP contribution is 2.18. The zero-order chi connectivity index (χ0) is 15.9. The van der Waals surface area contributed by atoms with Crippen LogP contribution in [0.3, 0.4) is 0 Å². The number of nitrogens with one attached hydrogen (secondary N) is 1. The first-order valence-electron chi connectivity index (χ1n) is 7.30. The maximum atomic E-state index is 13.1. The lowest BCUT2D eigenvalue weighted by Gasteiger charge is -2.23. The molecule has 2 amide bonds. The van der Waals surface area contributed by atoms with Crippen molar-refractivity contribution in [3.05, 3.63) is 59.9 Å². The number of aryl methyl sites for hydroxylation is 1. The number of urea groups is 1. The molecule has 0 saturated heterocycles. The first-order valence-corrected chi connectivity index (χ1v) is 7.30. The maximum Gasteiger partial charge on any atom is 0.326 e. The molecule has 0 aliphatic heterocycles. The van der Waals surface area contributed by atoms with Gasteiger partial charge in [-0.2, -0.15) is 0 Å². The summed E-state index contributed by atoms with van der Waals surface area (Å²) in [5.41, 5.74) is 6.28. The molecule has 0 radical (unpaired) electrons. The van der Waals surface area contributed by atoms with E-state index in [0.717, 1.165) is 24.2 Å². The van der Waals surface area contributed by atoms with Crippen LogP contribution in [0.1, 0.15) is 12.0 Å². The van der Waals surface area contributed by atoms with Gasteiger partial charge >= 0.3 is 6.03 Å². The average molecular weight is 302 g/mol. The molecule has 4 N–H and O–H groups in total. The Balaban J connectivity index is 2.17. The van der Waals surface area contributed by atoms with Crippen molar-refractivity contribution in [2.24, 2.45) is 0 Å². The standard InChI is InChI=1S/C17H20FN3O/c1-13-4-2-5-15(12-13)20-17(22)21(11-3-10-19)16-8-6-14(18)7-9-16/h2,4-9,12H,3,10-11,19H2,1H3,(H,20,22)/p+1. The van der Waals surface area contributed by atoms with Gasteiger partial charge in [0.1, 0.15) is 5.82 Å². The van der Waals surface area contributed by atoms with Gasteiger partial charge in [-0.1, -0.05) is 12.1 Å². The summed E-state index contributed by atoms with van der Waals surface area (Å²) < 4.78 is 13.1. The van der Waals surface area contributed by atoms with Gasteiger partial charge in [-0.15, -0.1) is 0 Å². The number of hydrogen-bond acceptors (Lipinski definition) is 1. The molecule has 0 aromatic heterocycles. The number of nitrogens with zero attached hydrogens (tertiary/aromatic N) is 1. The van der Waals surface area contributed by atoms with Gasteiger partial charge in [0.2, 0.25) is 0 Å². The second-order valence-electron chi connectivity index (χ2n) is 5.13. The van der Waals surface area contributed by atoms with E-state index in [1.54, 1.807) is 17.0 Å². The summed E-state index contributed by atoms with van der Waals surface area (Å²) >= 11 is 0. The molecule has 0 fully saturated rings. The van der Waals surface area contributed by atoms with E-state index in [2.05, 4.69) is 11.1 Å². The van der Waals surface area contributed by atoms with E-state index >= 15 is 0 Å². The summed E-state index contributed by atoms with van der Waals surface area (Å²) in [6.45, 7) is 3.23. The highest BCUT2D eigenvalue weighted by molar-refractivity contribution is 6.01. The fourth-order valence-electron chi connectivity index (χ4n) is 2.15. The Labute approximate surface area is 129 Å². The van der Waals surface area contributed by atoms with Crippen molar-refractivity contribution in [1.82, 2.24) is 0 Å². The molecule has 5 heteroatoms. The van der Waals surface area contributed by atoms with Gasteiger partial charge in [-0.25, -0.2) is 9.18 Å². The number of amides is 2. The number of rotatable bonds is 5. The number of quaternary nitrogens is 1. The minimum atomic E-state index is -0.319. The minimum absolute atomic E-state index is 0.231. The summed E-state index contributed by atoms with van der Waals surface area (Å²) in [6, 6.07) is 13.3. The van der Waals surface area contributed by atoms with E-state index in [1.165, 1.54) is 12.1 Å². The quantitative estimate of drug-likeness (QED) is 0.876. The SMILES string of the molecule is Cc1cccc(NC(=O)N(CCC[NH3+])c2ccc(F)cc2)c1. The van der Waals surface area contributed by atoms with Crippen LogP contribution >= 0.6 is 0 Å². The zero-order valence-electron chi connectivity index (χ0n) is 12.7. The lowest BCUT2D eigenvalue weighted by molar-refractivity contribution is -0.367. The van der Waals surface area contributed by atoms with E-state index in [4.69, 9.17) is 0 Å². The highest BCUT2D eigenvalue weighted by atomic mass is 19.1. The van der Waals surface area contributed by atoms with Crippen molar-refractivity contribution in [2.75, 3.05) is 23.3 Å². The Hall–Kier alpha value is -2.40.